The second-order valence-electron chi connectivity index (χ2n) is 5.83. The van der Waals surface area contributed by atoms with Crippen molar-refractivity contribution >= 4 is 23.2 Å². The topological polar surface area (TPSA) is 61.4 Å². The molecule has 0 aliphatic carbocycles. The number of benzene rings is 2. The molecule has 0 fully saturated rings. The average Bonchev–Trinajstić information content (AvgIpc) is 2.66. The van der Waals surface area contributed by atoms with Crippen LogP contribution in [0.15, 0.2) is 48.5 Å². The summed E-state index contributed by atoms with van der Waals surface area (Å²) in [6.07, 6.45) is 0.931. The van der Waals surface area contributed by atoms with E-state index < -0.39 is 11.8 Å². The van der Waals surface area contributed by atoms with Crippen molar-refractivity contribution in [3.05, 3.63) is 59.7 Å². The average molecular weight is 339 g/mol. The smallest absolute Gasteiger partial charge is 0.313 e. The summed E-state index contributed by atoms with van der Waals surface area (Å²) in [6.45, 7) is 5.29. The molecule has 0 aromatic heterocycles. The Morgan fingerprint density at radius 1 is 0.960 bits per heavy atom. The Morgan fingerprint density at radius 3 is 2.28 bits per heavy atom. The van der Waals surface area contributed by atoms with Crippen molar-refractivity contribution in [3.63, 3.8) is 0 Å². The predicted molar refractivity (Wildman–Crippen MR) is 102 cm³/mol. The van der Waals surface area contributed by atoms with Gasteiger partial charge in [-0.15, -0.1) is 0 Å². The van der Waals surface area contributed by atoms with Crippen LogP contribution in [0.5, 0.6) is 0 Å². The van der Waals surface area contributed by atoms with Crippen LogP contribution < -0.4 is 15.5 Å². The van der Waals surface area contributed by atoms with E-state index >= 15 is 0 Å². The van der Waals surface area contributed by atoms with Gasteiger partial charge in [0.05, 0.1) is 0 Å². The van der Waals surface area contributed by atoms with Crippen LogP contribution in [0.3, 0.4) is 0 Å². The van der Waals surface area contributed by atoms with Crippen molar-refractivity contribution in [3.8, 4) is 0 Å². The quantitative estimate of drug-likeness (QED) is 0.796. The van der Waals surface area contributed by atoms with E-state index in [4.69, 9.17) is 0 Å². The van der Waals surface area contributed by atoms with Crippen LogP contribution >= 0.6 is 0 Å². The minimum absolute atomic E-state index is 0.307. The first kappa shape index (κ1) is 18.5. The SMILES string of the molecule is CCc1ccc(NC(=O)C(=O)NCc2ccccc2N(C)CC)cc1. The maximum absolute atomic E-state index is 12.1. The maximum Gasteiger partial charge on any atom is 0.313 e. The van der Waals surface area contributed by atoms with Crippen molar-refractivity contribution in [2.24, 2.45) is 0 Å². The molecule has 0 saturated carbocycles. The molecule has 2 aromatic carbocycles. The molecular formula is C20H25N3O2. The lowest BCUT2D eigenvalue weighted by atomic mass is 10.1. The fourth-order valence-electron chi connectivity index (χ4n) is 2.47. The number of hydrogen-bond acceptors (Lipinski definition) is 3. The van der Waals surface area contributed by atoms with E-state index in [1.807, 2.05) is 43.4 Å². The van der Waals surface area contributed by atoms with E-state index in [0.29, 0.717) is 12.2 Å². The molecule has 5 nitrogen and oxygen atoms in total. The lowest BCUT2D eigenvalue weighted by molar-refractivity contribution is -0.136. The van der Waals surface area contributed by atoms with E-state index in [1.54, 1.807) is 12.1 Å². The predicted octanol–water partition coefficient (Wildman–Crippen LogP) is 2.96. The van der Waals surface area contributed by atoms with Gasteiger partial charge in [0.15, 0.2) is 0 Å². The van der Waals surface area contributed by atoms with E-state index in [1.165, 1.54) is 5.56 Å². The van der Waals surface area contributed by atoms with Crippen LogP contribution in [0.1, 0.15) is 25.0 Å². The first-order valence-corrected chi connectivity index (χ1v) is 8.52. The Morgan fingerprint density at radius 2 is 1.64 bits per heavy atom. The zero-order chi connectivity index (χ0) is 18.2. The first-order chi connectivity index (χ1) is 12.0. The minimum Gasteiger partial charge on any atom is -0.375 e. The number of rotatable bonds is 6. The van der Waals surface area contributed by atoms with Crippen LogP contribution in [-0.2, 0) is 22.6 Å². The highest BCUT2D eigenvalue weighted by atomic mass is 16.2. The van der Waals surface area contributed by atoms with Gasteiger partial charge < -0.3 is 15.5 Å². The van der Waals surface area contributed by atoms with Gasteiger partial charge in [-0.3, -0.25) is 9.59 Å². The Balaban J connectivity index is 1.94. The van der Waals surface area contributed by atoms with Gasteiger partial charge >= 0.3 is 11.8 Å². The Hall–Kier alpha value is -2.82. The van der Waals surface area contributed by atoms with E-state index in [0.717, 1.165) is 24.2 Å². The van der Waals surface area contributed by atoms with E-state index in [-0.39, 0.29) is 0 Å². The number of hydrogen-bond donors (Lipinski definition) is 2. The van der Waals surface area contributed by atoms with Crippen LogP contribution in [0.25, 0.3) is 0 Å². The van der Waals surface area contributed by atoms with Crippen LogP contribution in [0.2, 0.25) is 0 Å². The molecule has 5 heteroatoms. The Labute approximate surface area is 149 Å². The van der Waals surface area contributed by atoms with Gasteiger partial charge in [-0.2, -0.15) is 0 Å². The summed E-state index contributed by atoms with van der Waals surface area (Å²) in [7, 11) is 1.99. The van der Waals surface area contributed by atoms with E-state index in [9.17, 15) is 9.59 Å². The molecule has 0 aliphatic rings. The molecule has 25 heavy (non-hydrogen) atoms. The number of para-hydroxylation sites is 1. The van der Waals surface area contributed by atoms with Crippen molar-refractivity contribution in [2.45, 2.75) is 26.8 Å². The molecule has 2 rings (SSSR count). The highest BCUT2D eigenvalue weighted by Crippen LogP contribution is 2.18. The van der Waals surface area contributed by atoms with Gasteiger partial charge in [0.1, 0.15) is 0 Å². The summed E-state index contributed by atoms with van der Waals surface area (Å²) in [5.74, 6) is -1.31. The molecule has 0 unspecified atom stereocenters. The second kappa shape index (κ2) is 8.87. The molecule has 132 valence electrons. The first-order valence-electron chi connectivity index (χ1n) is 8.52. The fraction of sp³-hybridized carbons (Fsp3) is 0.300. The summed E-state index contributed by atoms with van der Waals surface area (Å²) in [5.41, 5.74) is 3.81. The third-order valence-corrected chi connectivity index (χ3v) is 4.14. The molecule has 2 N–H and O–H groups in total. The minimum atomic E-state index is -0.662. The highest BCUT2D eigenvalue weighted by Gasteiger charge is 2.14. The normalized spacial score (nSPS) is 10.2. The van der Waals surface area contributed by atoms with Crippen molar-refractivity contribution < 1.29 is 9.59 Å². The maximum atomic E-state index is 12.1. The van der Waals surface area contributed by atoms with Gasteiger partial charge in [0.2, 0.25) is 0 Å². The molecule has 2 amide bonds. The summed E-state index contributed by atoms with van der Waals surface area (Å²) < 4.78 is 0. The standard InChI is InChI=1S/C20H25N3O2/c1-4-15-10-12-17(13-11-15)22-20(25)19(24)21-14-16-8-6-7-9-18(16)23(3)5-2/h6-13H,4-5,14H2,1-3H3,(H,21,24)(H,22,25). The number of aryl methyl sites for hydroxylation is 1. The number of nitrogens with one attached hydrogen (secondary N) is 2. The number of carbonyl (C=O) groups excluding carboxylic acids is 2. The third kappa shape index (κ3) is 5.08. The summed E-state index contributed by atoms with van der Waals surface area (Å²) in [6, 6.07) is 15.3. The second-order valence-corrected chi connectivity index (χ2v) is 5.83. The Bertz CT molecular complexity index is 726. The molecule has 0 bridgehead atoms. The molecule has 0 heterocycles. The van der Waals surface area contributed by atoms with Crippen molar-refractivity contribution in [2.75, 3.05) is 23.8 Å². The lowest BCUT2D eigenvalue weighted by Gasteiger charge is -2.20. The molecular weight excluding hydrogens is 314 g/mol. The zero-order valence-corrected chi connectivity index (χ0v) is 15.0. The van der Waals surface area contributed by atoms with Crippen molar-refractivity contribution in [1.82, 2.24) is 5.32 Å². The zero-order valence-electron chi connectivity index (χ0n) is 15.0. The number of nitrogens with zero attached hydrogens (tertiary/aromatic N) is 1. The largest absolute Gasteiger partial charge is 0.375 e. The summed E-state index contributed by atoms with van der Waals surface area (Å²) >= 11 is 0. The Kier molecular flexibility index (Phi) is 6.57. The summed E-state index contributed by atoms with van der Waals surface area (Å²) in [4.78, 5) is 26.2. The van der Waals surface area contributed by atoms with Gasteiger partial charge in [-0.1, -0.05) is 37.3 Å². The van der Waals surface area contributed by atoms with Gasteiger partial charge in [0.25, 0.3) is 0 Å². The molecule has 2 aromatic rings. The third-order valence-electron chi connectivity index (χ3n) is 4.14. The number of anilines is 2. The lowest BCUT2D eigenvalue weighted by Crippen LogP contribution is -2.35. The summed E-state index contributed by atoms with van der Waals surface area (Å²) in [5, 5.41) is 5.30. The van der Waals surface area contributed by atoms with Gasteiger partial charge in [0, 0.05) is 31.5 Å². The molecule has 0 saturated heterocycles. The van der Waals surface area contributed by atoms with Crippen molar-refractivity contribution in [1.29, 1.82) is 0 Å². The molecule has 0 aliphatic heterocycles. The van der Waals surface area contributed by atoms with Crippen LogP contribution in [0.4, 0.5) is 11.4 Å². The fourth-order valence-corrected chi connectivity index (χ4v) is 2.47. The molecule has 0 spiro atoms. The van der Waals surface area contributed by atoms with Crippen LogP contribution in [-0.4, -0.2) is 25.4 Å². The number of carbonyl (C=O) groups is 2. The van der Waals surface area contributed by atoms with Gasteiger partial charge in [-0.25, -0.2) is 0 Å². The highest BCUT2D eigenvalue weighted by molar-refractivity contribution is 6.39. The van der Waals surface area contributed by atoms with E-state index in [2.05, 4.69) is 29.4 Å². The monoisotopic (exact) mass is 339 g/mol. The molecule has 0 atom stereocenters. The molecule has 0 radical (unpaired) electrons. The number of amides is 2. The van der Waals surface area contributed by atoms with Gasteiger partial charge in [-0.05, 0) is 42.7 Å². The van der Waals surface area contributed by atoms with Crippen LogP contribution in [0, 0.1) is 0 Å².